The quantitative estimate of drug-likeness (QED) is 0.488. The van der Waals surface area contributed by atoms with Crippen LogP contribution in [-0.2, 0) is 9.59 Å². The van der Waals surface area contributed by atoms with E-state index in [1.54, 1.807) is 30.3 Å². The van der Waals surface area contributed by atoms with E-state index in [9.17, 15) is 14.4 Å². The number of hydrogen-bond donors (Lipinski definition) is 3. The zero-order valence-corrected chi connectivity index (χ0v) is 12.0. The number of carbonyl (C=O) groups excluding carboxylic acids is 2. The predicted octanol–water partition coefficient (Wildman–Crippen LogP) is 0.789. The number of carbonyl (C=O) groups is 3. The van der Waals surface area contributed by atoms with Crippen molar-refractivity contribution < 1.29 is 19.5 Å². The van der Waals surface area contributed by atoms with Crippen LogP contribution < -0.4 is 10.6 Å². The van der Waals surface area contributed by atoms with Crippen LogP contribution in [0.2, 0.25) is 0 Å². The van der Waals surface area contributed by atoms with Gasteiger partial charge in [-0.15, -0.1) is 12.3 Å². The van der Waals surface area contributed by atoms with Gasteiger partial charge in [0.15, 0.2) is 0 Å². The van der Waals surface area contributed by atoms with E-state index in [0.717, 1.165) is 0 Å². The Bertz CT molecular complexity index is 563. The van der Waals surface area contributed by atoms with Gasteiger partial charge in [-0.2, -0.15) is 0 Å². The first kappa shape index (κ1) is 17.2. The number of hydrogen-bond acceptors (Lipinski definition) is 3. The Kier molecular flexibility index (Phi) is 7.20. The molecule has 0 unspecified atom stereocenters. The third-order valence-electron chi connectivity index (χ3n) is 2.89. The fourth-order valence-electron chi connectivity index (χ4n) is 1.76. The minimum atomic E-state index is -1.13. The van der Waals surface area contributed by atoms with Gasteiger partial charge in [-0.3, -0.25) is 9.59 Å². The average Bonchev–Trinajstić information content (AvgIpc) is 2.52. The Morgan fingerprint density at radius 2 is 1.91 bits per heavy atom. The van der Waals surface area contributed by atoms with Crippen LogP contribution in [0.3, 0.4) is 0 Å². The van der Waals surface area contributed by atoms with Gasteiger partial charge in [0, 0.05) is 12.0 Å². The standard InChI is InChI=1S/C16H18N2O4/c1-2-3-5-10-13(16(21)22)18-14(19)11-17-15(20)12-8-6-4-7-9-12/h1,4,6-9,13H,3,5,10-11H2,(H,17,20)(H,18,19)(H,21,22)/t13-/m0/s1. The minimum absolute atomic E-state index is 0.248. The van der Waals surface area contributed by atoms with Crippen LogP contribution in [0.5, 0.6) is 0 Å². The molecule has 2 amide bonds. The zero-order valence-electron chi connectivity index (χ0n) is 12.0. The summed E-state index contributed by atoms with van der Waals surface area (Å²) in [5, 5.41) is 13.8. The average molecular weight is 302 g/mol. The van der Waals surface area contributed by atoms with Crippen molar-refractivity contribution in [2.24, 2.45) is 0 Å². The smallest absolute Gasteiger partial charge is 0.326 e. The monoisotopic (exact) mass is 302 g/mol. The lowest BCUT2D eigenvalue weighted by Crippen LogP contribution is -2.45. The highest BCUT2D eigenvalue weighted by Gasteiger charge is 2.19. The number of unbranched alkanes of at least 4 members (excludes halogenated alkanes) is 1. The van der Waals surface area contributed by atoms with Crippen molar-refractivity contribution in [3.05, 3.63) is 35.9 Å². The summed E-state index contributed by atoms with van der Waals surface area (Å²) in [5.74, 6) is 0.334. The molecule has 0 aromatic heterocycles. The molecule has 0 saturated carbocycles. The highest BCUT2D eigenvalue weighted by atomic mass is 16.4. The van der Waals surface area contributed by atoms with Crippen molar-refractivity contribution in [3.63, 3.8) is 0 Å². The molecule has 1 aromatic rings. The van der Waals surface area contributed by atoms with Gasteiger partial charge >= 0.3 is 5.97 Å². The van der Waals surface area contributed by atoms with Crippen LogP contribution in [-0.4, -0.2) is 35.5 Å². The summed E-state index contributed by atoms with van der Waals surface area (Å²) in [7, 11) is 0. The molecule has 0 radical (unpaired) electrons. The lowest BCUT2D eigenvalue weighted by atomic mass is 10.1. The lowest BCUT2D eigenvalue weighted by molar-refractivity contribution is -0.141. The molecule has 0 spiro atoms. The molecule has 1 aromatic carbocycles. The van der Waals surface area contributed by atoms with Gasteiger partial charge in [-0.1, -0.05) is 18.2 Å². The molecule has 1 rings (SSSR count). The Morgan fingerprint density at radius 1 is 1.23 bits per heavy atom. The maximum Gasteiger partial charge on any atom is 0.326 e. The predicted molar refractivity (Wildman–Crippen MR) is 81.0 cm³/mol. The van der Waals surface area contributed by atoms with Crippen LogP contribution >= 0.6 is 0 Å². The highest BCUT2D eigenvalue weighted by molar-refractivity contribution is 5.96. The largest absolute Gasteiger partial charge is 0.480 e. The van der Waals surface area contributed by atoms with Crippen molar-refractivity contribution in [2.75, 3.05) is 6.54 Å². The fourth-order valence-corrected chi connectivity index (χ4v) is 1.76. The van der Waals surface area contributed by atoms with Crippen molar-refractivity contribution in [3.8, 4) is 12.3 Å². The van der Waals surface area contributed by atoms with E-state index < -0.39 is 23.8 Å². The number of rotatable bonds is 8. The van der Waals surface area contributed by atoms with Gasteiger partial charge < -0.3 is 15.7 Å². The number of terminal acetylenes is 1. The number of nitrogens with one attached hydrogen (secondary N) is 2. The Labute approximate surface area is 128 Å². The Hall–Kier alpha value is -2.81. The molecule has 0 aliphatic carbocycles. The first-order valence-corrected chi connectivity index (χ1v) is 6.83. The number of aliphatic carboxylic acids is 1. The maximum absolute atomic E-state index is 11.8. The molecule has 6 nitrogen and oxygen atoms in total. The summed E-state index contributed by atoms with van der Waals surface area (Å²) in [6.07, 6.45) is 6.30. The molecule has 0 aliphatic rings. The van der Waals surface area contributed by atoms with Gasteiger partial charge in [-0.05, 0) is 25.0 Å². The van der Waals surface area contributed by atoms with Crippen molar-refractivity contribution in [1.29, 1.82) is 0 Å². The third-order valence-corrected chi connectivity index (χ3v) is 2.89. The minimum Gasteiger partial charge on any atom is -0.480 e. The SMILES string of the molecule is C#CCCC[C@H](NC(=O)CNC(=O)c1ccccc1)C(=O)O. The molecule has 22 heavy (non-hydrogen) atoms. The van der Waals surface area contributed by atoms with Gasteiger partial charge in [0.05, 0.1) is 6.54 Å². The summed E-state index contributed by atoms with van der Waals surface area (Å²) < 4.78 is 0. The summed E-state index contributed by atoms with van der Waals surface area (Å²) in [6, 6.07) is 7.42. The summed E-state index contributed by atoms with van der Waals surface area (Å²) in [6.45, 7) is -0.285. The van der Waals surface area contributed by atoms with Crippen molar-refractivity contribution in [1.82, 2.24) is 10.6 Å². The highest BCUT2D eigenvalue weighted by Crippen LogP contribution is 2.01. The molecule has 0 heterocycles. The van der Waals surface area contributed by atoms with E-state index >= 15 is 0 Å². The molecule has 1 atom stereocenters. The van der Waals surface area contributed by atoms with Gasteiger partial charge in [0.1, 0.15) is 6.04 Å². The molecule has 6 heteroatoms. The topological polar surface area (TPSA) is 95.5 Å². The van der Waals surface area contributed by atoms with Crippen LogP contribution in [0.15, 0.2) is 30.3 Å². The number of amides is 2. The van der Waals surface area contributed by atoms with Gasteiger partial charge in [-0.25, -0.2) is 4.79 Å². The maximum atomic E-state index is 11.8. The van der Waals surface area contributed by atoms with Crippen molar-refractivity contribution in [2.45, 2.75) is 25.3 Å². The van der Waals surface area contributed by atoms with Crippen LogP contribution in [0.1, 0.15) is 29.6 Å². The second-order valence-corrected chi connectivity index (χ2v) is 4.60. The molecule has 0 bridgehead atoms. The molecule has 3 N–H and O–H groups in total. The molecular formula is C16H18N2O4. The molecule has 0 aliphatic heterocycles. The first-order valence-electron chi connectivity index (χ1n) is 6.83. The van der Waals surface area contributed by atoms with Gasteiger partial charge in [0.25, 0.3) is 5.91 Å². The third kappa shape index (κ3) is 6.09. The lowest BCUT2D eigenvalue weighted by Gasteiger charge is -2.14. The van der Waals surface area contributed by atoms with E-state index in [1.807, 2.05) is 0 Å². The van der Waals surface area contributed by atoms with Crippen molar-refractivity contribution >= 4 is 17.8 Å². The van der Waals surface area contributed by atoms with E-state index in [2.05, 4.69) is 16.6 Å². The molecule has 0 saturated heterocycles. The summed E-state index contributed by atoms with van der Waals surface area (Å²) in [5.41, 5.74) is 0.430. The fraction of sp³-hybridized carbons (Fsp3) is 0.312. The summed E-state index contributed by atoms with van der Waals surface area (Å²) in [4.78, 5) is 34.5. The second-order valence-electron chi connectivity index (χ2n) is 4.60. The summed E-state index contributed by atoms with van der Waals surface area (Å²) >= 11 is 0. The van der Waals surface area contributed by atoms with Crippen LogP contribution in [0.4, 0.5) is 0 Å². The number of benzene rings is 1. The zero-order chi connectivity index (χ0) is 16.4. The second kappa shape index (κ2) is 9.19. The normalized spacial score (nSPS) is 11.0. The number of carboxylic acids is 1. The Morgan fingerprint density at radius 3 is 2.50 bits per heavy atom. The van der Waals surface area contributed by atoms with Gasteiger partial charge in [0.2, 0.25) is 5.91 Å². The number of carboxylic acid groups (broad SMARTS) is 1. The molecular weight excluding hydrogens is 284 g/mol. The van der Waals surface area contributed by atoms with E-state index in [-0.39, 0.29) is 13.0 Å². The van der Waals surface area contributed by atoms with E-state index in [1.165, 1.54) is 0 Å². The van der Waals surface area contributed by atoms with Crippen LogP contribution in [0, 0.1) is 12.3 Å². The first-order chi connectivity index (χ1) is 10.5. The van der Waals surface area contributed by atoms with E-state index in [0.29, 0.717) is 18.4 Å². The van der Waals surface area contributed by atoms with E-state index in [4.69, 9.17) is 11.5 Å². The van der Waals surface area contributed by atoms with Crippen LogP contribution in [0.25, 0.3) is 0 Å². The Balaban J connectivity index is 2.42. The molecule has 116 valence electrons. The molecule has 0 fully saturated rings.